The molecule has 0 saturated carbocycles. The summed E-state index contributed by atoms with van der Waals surface area (Å²) < 4.78 is 5.89. The lowest BCUT2D eigenvalue weighted by molar-refractivity contribution is -0.384. The van der Waals surface area contributed by atoms with Crippen LogP contribution in [0, 0.1) is 14.7 Å². The lowest BCUT2D eigenvalue weighted by Gasteiger charge is -2.26. The zero-order valence-corrected chi connectivity index (χ0v) is 23.2. The minimum Gasteiger partial charge on any atom is -0.258 e. The van der Waals surface area contributed by atoms with E-state index in [0.29, 0.717) is 23.1 Å². The molecule has 1 heterocycles. The van der Waals surface area contributed by atoms with Crippen LogP contribution in [0.25, 0.3) is 32.3 Å². The number of nitroso groups, excluding NO2 is 1. The van der Waals surface area contributed by atoms with Crippen molar-refractivity contribution in [1.82, 2.24) is 0 Å². The number of fused-ring (bicyclic) bond motifs is 2. The van der Waals surface area contributed by atoms with Crippen LogP contribution in [0.4, 0.5) is 11.4 Å². The van der Waals surface area contributed by atoms with Gasteiger partial charge in [0, 0.05) is 24.6 Å². The van der Waals surface area contributed by atoms with Crippen LogP contribution in [0.3, 0.4) is 0 Å². The lowest BCUT2D eigenvalue weighted by Crippen LogP contribution is -2.15. The Balaban J connectivity index is 2.26. The van der Waals surface area contributed by atoms with Crippen LogP contribution in [0.5, 0.6) is 0 Å². The molecule has 1 aliphatic heterocycles. The number of hydrogen-bond acceptors (Lipinski definition) is 3. The molecule has 0 N–H and O–H groups in total. The highest BCUT2D eigenvalue weighted by Crippen LogP contribution is 2.57. The fraction of sp³-hybridized carbons (Fsp3) is 0.484. The van der Waals surface area contributed by atoms with Gasteiger partial charge in [0.15, 0.2) is 16.4 Å². The Labute approximate surface area is 213 Å². The molecule has 1 aliphatic rings. The first kappa shape index (κ1) is 24.6. The van der Waals surface area contributed by atoms with Gasteiger partial charge in [-0.3, -0.25) is 10.1 Å². The molecule has 0 radical (unpaired) electrons. The number of rotatable bonds is 5. The van der Waals surface area contributed by atoms with E-state index in [1.165, 1.54) is 27.5 Å². The van der Waals surface area contributed by atoms with Gasteiger partial charge in [-0.15, -0.1) is 4.54 Å². The van der Waals surface area contributed by atoms with Crippen LogP contribution in [0.15, 0.2) is 23.4 Å². The molecule has 0 unspecified atom stereocenters. The van der Waals surface area contributed by atoms with E-state index >= 15 is 0 Å². The van der Waals surface area contributed by atoms with Crippen molar-refractivity contribution in [3.63, 3.8) is 0 Å². The Bertz CT molecular complexity index is 1560. The van der Waals surface area contributed by atoms with Gasteiger partial charge < -0.3 is 0 Å². The smallest absolute Gasteiger partial charge is 0.258 e. The molecule has 36 heavy (non-hydrogen) atoms. The van der Waals surface area contributed by atoms with Crippen LogP contribution in [0.2, 0.25) is 0 Å². The van der Waals surface area contributed by atoms with Crippen LogP contribution >= 0.6 is 0 Å². The highest BCUT2D eigenvalue weighted by atomic mass is 16.6. The third-order valence-electron chi connectivity index (χ3n) is 7.98. The summed E-state index contributed by atoms with van der Waals surface area (Å²) >= 11 is 0. The monoisotopic (exact) mass is 486 g/mol. The second-order valence-corrected chi connectivity index (χ2v) is 12.2. The zero-order chi connectivity index (χ0) is 26.4. The SMILES string of the molecule is CC(C)c1cc(C(C)C)c2cc(C(C)C)c3c([N+](=O)[O-])c4c(c5c(C(C)C)cc1c2c53)[15N]=[O+]C4(C)C. The first-order chi connectivity index (χ1) is 16.8. The quantitative estimate of drug-likeness (QED) is 0.0925. The molecule has 0 aliphatic carbocycles. The molecule has 5 nitrogen and oxygen atoms in total. The predicted octanol–water partition coefficient (Wildman–Crippen LogP) is 10.2. The van der Waals surface area contributed by atoms with Crippen LogP contribution < -0.4 is 0 Å². The molecular weight excluding hydrogens is 449 g/mol. The fourth-order valence-corrected chi connectivity index (χ4v) is 6.24. The predicted molar refractivity (Wildman–Crippen MR) is 152 cm³/mol. The molecule has 0 saturated heterocycles. The minimum absolute atomic E-state index is 0.114. The van der Waals surface area contributed by atoms with Crippen molar-refractivity contribution in [1.29, 1.82) is 0 Å². The molecule has 0 spiro atoms. The molecular formula is C31H37N2O3+. The third kappa shape index (κ3) is 3.21. The highest BCUT2D eigenvalue weighted by Gasteiger charge is 2.51. The molecule has 5 heteroatoms. The van der Waals surface area contributed by atoms with Crippen molar-refractivity contribution >= 4 is 43.7 Å². The summed E-state index contributed by atoms with van der Waals surface area (Å²) in [6, 6.07) is 6.94. The van der Waals surface area contributed by atoms with E-state index in [1.807, 2.05) is 13.8 Å². The average molecular weight is 487 g/mol. The molecule has 4 aromatic rings. The van der Waals surface area contributed by atoms with E-state index < -0.39 is 5.60 Å². The van der Waals surface area contributed by atoms with E-state index in [9.17, 15) is 10.1 Å². The van der Waals surface area contributed by atoms with Gasteiger partial charge in [-0.1, -0.05) is 61.5 Å². The fourth-order valence-electron chi connectivity index (χ4n) is 6.24. The van der Waals surface area contributed by atoms with Gasteiger partial charge in [0.2, 0.25) is 0 Å². The molecule has 188 valence electrons. The van der Waals surface area contributed by atoms with E-state index in [0.717, 1.165) is 27.1 Å². The van der Waals surface area contributed by atoms with Crippen molar-refractivity contribution in [2.45, 2.75) is 98.5 Å². The molecule has 0 fully saturated rings. The highest BCUT2D eigenvalue weighted by molar-refractivity contribution is 6.30. The maximum atomic E-state index is 12.8. The first-order valence-electron chi connectivity index (χ1n) is 13.2. The second-order valence-electron chi connectivity index (χ2n) is 12.2. The number of benzene rings is 4. The third-order valence-corrected chi connectivity index (χ3v) is 7.98. The summed E-state index contributed by atoms with van der Waals surface area (Å²) in [6.45, 7) is 21.3. The number of nitro benzene ring substituents is 1. The van der Waals surface area contributed by atoms with Crippen molar-refractivity contribution in [2.24, 2.45) is 5.18 Å². The van der Waals surface area contributed by atoms with Gasteiger partial charge in [0.1, 0.15) is 0 Å². The Morgan fingerprint density at radius 1 is 0.722 bits per heavy atom. The van der Waals surface area contributed by atoms with Crippen LogP contribution in [0.1, 0.15) is 121 Å². The molecule has 0 amide bonds. The van der Waals surface area contributed by atoms with E-state index in [1.54, 1.807) is 0 Å². The molecule has 0 aromatic heterocycles. The largest absolute Gasteiger partial charge is 0.351 e. The van der Waals surface area contributed by atoms with Gasteiger partial charge in [0.25, 0.3) is 5.69 Å². The van der Waals surface area contributed by atoms with Crippen LogP contribution in [-0.2, 0) is 5.60 Å². The number of nitrogens with zero attached hydrogens (tertiary/aromatic N) is 2. The van der Waals surface area contributed by atoms with E-state index in [-0.39, 0.29) is 22.4 Å². The van der Waals surface area contributed by atoms with Gasteiger partial charge >= 0.3 is 5.60 Å². The summed E-state index contributed by atoms with van der Waals surface area (Å²) in [5.41, 5.74) is 5.28. The van der Waals surface area contributed by atoms with E-state index in [4.69, 9.17) is 4.54 Å². The summed E-state index contributed by atoms with van der Waals surface area (Å²) in [6.07, 6.45) is 0. The molecule has 0 bridgehead atoms. The Kier molecular flexibility index (Phi) is 5.44. The van der Waals surface area contributed by atoms with Crippen molar-refractivity contribution < 1.29 is 4.92 Å². The summed E-state index contributed by atoms with van der Waals surface area (Å²) in [5, 5.41) is 23.7. The molecule has 4 aromatic carbocycles. The second kappa shape index (κ2) is 7.96. The Morgan fingerprint density at radius 3 is 1.64 bits per heavy atom. The van der Waals surface area contributed by atoms with E-state index in [2.05, 4.69) is 78.8 Å². The zero-order valence-electron chi connectivity index (χ0n) is 23.2. The summed E-state index contributed by atoms with van der Waals surface area (Å²) in [7, 11) is 0. The van der Waals surface area contributed by atoms with Gasteiger partial charge in [-0.05, 0) is 74.2 Å². The number of nitro groups is 1. The summed E-state index contributed by atoms with van der Waals surface area (Å²) in [5.74, 6) is 0.977. The van der Waals surface area contributed by atoms with Crippen molar-refractivity contribution in [3.05, 3.63) is 60.7 Å². The number of hydrogen-bond donors (Lipinski definition) is 0. The average Bonchev–Trinajstić information content (AvgIpc) is 3.09. The maximum absolute atomic E-state index is 12.8. The van der Waals surface area contributed by atoms with Crippen molar-refractivity contribution in [2.75, 3.05) is 0 Å². The summed E-state index contributed by atoms with van der Waals surface area (Å²) in [4.78, 5) is 12.6. The van der Waals surface area contributed by atoms with Gasteiger partial charge in [-0.2, -0.15) is 0 Å². The van der Waals surface area contributed by atoms with Gasteiger partial charge in [-0.25, -0.2) is 0 Å². The van der Waals surface area contributed by atoms with Crippen molar-refractivity contribution in [3.8, 4) is 0 Å². The van der Waals surface area contributed by atoms with Crippen LogP contribution in [-0.4, -0.2) is 4.92 Å². The molecule has 0 atom stereocenters. The normalized spacial score (nSPS) is 15.2. The standard InChI is InChI=1S/C31H37N2O3/c1-14(2)18-11-19(15(3)4)23-13-21(17(7)8)26-27-24(23)22(18)12-20(16(5)6)25(27)29-28(30(26)33(34)35)31(9,10)36-32-29/h11-17H,1-10H3/q+1/i32+1. The molecule has 5 rings (SSSR count). The lowest BCUT2D eigenvalue weighted by atomic mass is 9.76. The first-order valence-corrected chi connectivity index (χ1v) is 13.2. The maximum Gasteiger partial charge on any atom is 0.351 e. The topological polar surface area (TPSA) is 66.8 Å². The van der Waals surface area contributed by atoms with Gasteiger partial charge in [0.05, 0.1) is 10.3 Å². The Morgan fingerprint density at radius 2 is 1.19 bits per heavy atom. The Hall–Kier alpha value is -3.08. The minimum atomic E-state index is -0.878.